The van der Waals surface area contributed by atoms with Gasteiger partial charge in [0.2, 0.25) is 0 Å². The molecule has 0 saturated carbocycles. The maximum Gasteiger partial charge on any atom is 0.270 e. The van der Waals surface area contributed by atoms with Crippen LogP contribution >= 0.6 is 0 Å². The van der Waals surface area contributed by atoms with E-state index in [1.807, 2.05) is 30.3 Å². The highest BCUT2D eigenvalue weighted by molar-refractivity contribution is 6.05. The Hall–Kier alpha value is -1.94. The van der Waals surface area contributed by atoms with Crippen molar-refractivity contribution in [2.24, 2.45) is 0 Å². The minimum absolute atomic E-state index is 0.0829. The lowest BCUT2D eigenvalue weighted by atomic mass is 10.1. The molecule has 3 rings (SSSR count). The summed E-state index contributed by atoms with van der Waals surface area (Å²) in [5.74, 6) is -0.0829. The summed E-state index contributed by atoms with van der Waals surface area (Å²) in [5.41, 5.74) is 0.514. The first-order chi connectivity index (χ1) is 8.84. The maximum atomic E-state index is 12.2. The van der Waals surface area contributed by atoms with Gasteiger partial charge >= 0.3 is 0 Å². The highest BCUT2D eigenvalue weighted by atomic mass is 16.1. The molecule has 4 nitrogen and oxygen atoms in total. The lowest BCUT2D eigenvalue weighted by Crippen LogP contribution is -2.36. The third-order valence-corrected chi connectivity index (χ3v) is 3.28. The van der Waals surface area contributed by atoms with Gasteiger partial charge in [0.25, 0.3) is 5.91 Å². The van der Waals surface area contributed by atoms with Crippen LogP contribution in [0.25, 0.3) is 10.8 Å². The van der Waals surface area contributed by atoms with Crippen LogP contribution in [0.2, 0.25) is 0 Å². The van der Waals surface area contributed by atoms with Gasteiger partial charge in [0.05, 0.1) is 0 Å². The van der Waals surface area contributed by atoms with Crippen LogP contribution < -0.4 is 10.6 Å². The number of aromatic nitrogens is 1. The SMILES string of the molecule is O=C(N[C@H]1CCNC1)c1nccc2ccccc12. The van der Waals surface area contributed by atoms with Crippen molar-refractivity contribution in [3.05, 3.63) is 42.2 Å². The van der Waals surface area contributed by atoms with Crippen molar-refractivity contribution in [2.75, 3.05) is 13.1 Å². The Kier molecular flexibility index (Phi) is 2.94. The van der Waals surface area contributed by atoms with Crippen LogP contribution in [0.4, 0.5) is 0 Å². The van der Waals surface area contributed by atoms with Gasteiger partial charge in [0, 0.05) is 24.2 Å². The second-order valence-electron chi connectivity index (χ2n) is 4.54. The normalized spacial score (nSPS) is 19.0. The molecule has 1 aliphatic rings. The van der Waals surface area contributed by atoms with E-state index in [4.69, 9.17) is 0 Å². The van der Waals surface area contributed by atoms with Crippen LogP contribution in [0.15, 0.2) is 36.5 Å². The van der Waals surface area contributed by atoms with Gasteiger partial charge in [0.1, 0.15) is 5.69 Å². The van der Waals surface area contributed by atoms with Crippen molar-refractivity contribution in [3.8, 4) is 0 Å². The molecule has 0 spiro atoms. The van der Waals surface area contributed by atoms with Crippen LogP contribution in [-0.2, 0) is 0 Å². The number of amides is 1. The van der Waals surface area contributed by atoms with E-state index in [0.29, 0.717) is 5.69 Å². The number of nitrogens with zero attached hydrogens (tertiary/aromatic N) is 1. The summed E-state index contributed by atoms with van der Waals surface area (Å²) in [6, 6.07) is 9.96. The molecule has 4 heteroatoms. The van der Waals surface area contributed by atoms with Gasteiger partial charge in [-0.1, -0.05) is 24.3 Å². The van der Waals surface area contributed by atoms with E-state index in [1.165, 1.54) is 0 Å². The van der Waals surface area contributed by atoms with Gasteiger partial charge in [-0.2, -0.15) is 0 Å². The first-order valence-electron chi connectivity index (χ1n) is 6.20. The zero-order chi connectivity index (χ0) is 12.4. The molecule has 18 heavy (non-hydrogen) atoms. The summed E-state index contributed by atoms with van der Waals surface area (Å²) in [4.78, 5) is 16.4. The van der Waals surface area contributed by atoms with Gasteiger partial charge in [-0.05, 0) is 24.4 Å². The third-order valence-electron chi connectivity index (χ3n) is 3.28. The Balaban J connectivity index is 1.91. The molecule has 0 bridgehead atoms. The lowest BCUT2D eigenvalue weighted by Gasteiger charge is -2.11. The molecule has 0 aliphatic carbocycles. The molecule has 2 heterocycles. The highest BCUT2D eigenvalue weighted by Crippen LogP contribution is 2.16. The van der Waals surface area contributed by atoms with Gasteiger partial charge in [-0.3, -0.25) is 9.78 Å². The van der Waals surface area contributed by atoms with Gasteiger partial charge in [-0.15, -0.1) is 0 Å². The molecule has 1 aromatic heterocycles. The van der Waals surface area contributed by atoms with Crippen molar-refractivity contribution in [1.29, 1.82) is 0 Å². The lowest BCUT2D eigenvalue weighted by molar-refractivity contribution is 0.0937. The monoisotopic (exact) mass is 241 g/mol. The number of pyridine rings is 1. The molecule has 1 fully saturated rings. The zero-order valence-corrected chi connectivity index (χ0v) is 10.0. The average Bonchev–Trinajstić information content (AvgIpc) is 2.91. The first kappa shape index (κ1) is 11.2. The summed E-state index contributed by atoms with van der Waals surface area (Å²) < 4.78 is 0. The van der Waals surface area contributed by atoms with E-state index in [0.717, 1.165) is 30.3 Å². The topological polar surface area (TPSA) is 54.0 Å². The Morgan fingerprint density at radius 2 is 2.22 bits per heavy atom. The number of benzene rings is 1. The van der Waals surface area contributed by atoms with E-state index in [1.54, 1.807) is 6.20 Å². The number of carbonyl (C=O) groups excluding carboxylic acids is 1. The van der Waals surface area contributed by atoms with Crippen LogP contribution in [0, 0.1) is 0 Å². The van der Waals surface area contributed by atoms with Crippen LogP contribution in [0.3, 0.4) is 0 Å². The van der Waals surface area contributed by atoms with Crippen molar-refractivity contribution in [3.63, 3.8) is 0 Å². The summed E-state index contributed by atoms with van der Waals surface area (Å²) in [7, 11) is 0. The number of hydrogen-bond donors (Lipinski definition) is 2. The molecule has 0 unspecified atom stereocenters. The van der Waals surface area contributed by atoms with Crippen molar-refractivity contribution in [1.82, 2.24) is 15.6 Å². The number of hydrogen-bond acceptors (Lipinski definition) is 3. The minimum Gasteiger partial charge on any atom is -0.347 e. The number of rotatable bonds is 2. The second-order valence-corrected chi connectivity index (χ2v) is 4.54. The molecular weight excluding hydrogens is 226 g/mol. The second kappa shape index (κ2) is 4.74. The average molecular weight is 241 g/mol. The smallest absolute Gasteiger partial charge is 0.270 e. The Morgan fingerprint density at radius 3 is 3.06 bits per heavy atom. The molecule has 92 valence electrons. The molecule has 1 amide bonds. The number of fused-ring (bicyclic) bond motifs is 1. The van der Waals surface area contributed by atoms with Crippen molar-refractivity contribution >= 4 is 16.7 Å². The largest absolute Gasteiger partial charge is 0.347 e. The predicted molar refractivity (Wildman–Crippen MR) is 70.5 cm³/mol. The summed E-state index contributed by atoms with van der Waals surface area (Å²) in [5, 5.41) is 8.20. The van der Waals surface area contributed by atoms with Crippen LogP contribution in [0.1, 0.15) is 16.9 Å². The maximum absolute atomic E-state index is 12.2. The van der Waals surface area contributed by atoms with E-state index in [9.17, 15) is 4.79 Å². The Morgan fingerprint density at radius 1 is 1.33 bits per heavy atom. The van der Waals surface area contributed by atoms with Gasteiger partial charge in [0.15, 0.2) is 0 Å². The fourth-order valence-electron chi connectivity index (χ4n) is 2.33. The summed E-state index contributed by atoms with van der Waals surface area (Å²) in [6.45, 7) is 1.81. The summed E-state index contributed by atoms with van der Waals surface area (Å²) >= 11 is 0. The third kappa shape index (κ3) is 2.07. The quantitative estimate of drug-likeness (QED) is 0.834. The molecule has 2 N–H and O–H groups in total. The van der Waals surface area contributed by atoms with Crippen molar-refractivity contribution in [2.45, 2.75) is 12.5 Å². The Labute approximate surface area is 105 Å². The molecule has 1 atom stereocenters. The van der Waals surface area contributed by atoms with E-state index < -0.39 is 0 Å². The fraction of sp³-hybridized carbons (Fsp3) is 0.286. The van der Waals surface area contributed by atoms with E-state index >= 15 is 0 Å². The van der Waals surface area contributed by atoms with E-state index in [2.05, 4.69) is 15.6 Å². The van der Waals surface area contributed by atoms with Gasteiger partial charge < -0.3 is 10.6 Å². The zero-order valence-electron chi connectivity index (χ0n) is 10.0. The Bertz CT molecular complexity index is 571. The number of carbonyl (C=O) groups is 1. The summed E-state index contributed by atoms with van der Waals surface area (Å²) in [6.07, 6.45) is 2.67. The van der Waals surface area contributed by atoms with Crippen LogP contribution in [-0.4, -0.2) is 30.0 Å². The predicted octanol–water partition coefficient (Wildman–Crippen LogP) is 1.33. The minimum atomic E-state index is -0.0829. The molecular formula is C14H15N3O. The van der Waals surface area contributed by atoms with E-state index in [-0.39, 0.29) is 11.9 Å². The molecule has 1 saturated heterocycles. The molecule has 1 aromatic carbocycles. The van der Waals surface area contributed by atoms with Gasteiger partial charge in [-0.25, -0.2) is 0 Å². The molecule has 2 aromatic rings. The number of nitrogens with one attached hydrogen (secondary N) is 2. The molecule has 0 radical (unpaired) electrons. The fourth-order valence-corrected chi connectivity index (χ4v) is 2.33. The van der Waals surface area contributed by atoms with Crippen LogP contribution in [0.5, 0.6) is 0 Å². The first-order valence-corrected chi connectivity index (χ1v) is 6.20. The highest BCUT2D eigenvalue weighted by Gasteiger charge is 2.19. The standard InChI is InChI=1S/C14H15N3O/c18-14(17-11-6-7-15-9-11)13-12-4-2-1-3-10(12)5-8-16-13/h1-5,8,11,15H,6-7,9H2,(H,17,18)/t11-/m0/s1. The van der Waals surface area contributed by atoms with Crippen molar-refractivity contribution < 1.29 is 4.79 Å². The molecule has 1 aliphatic heterocycles.